The zero-order valence-electron chi connectivity index (χ0n) is 8.09. The fraction of sp³-hybridized carbons (Fsp3) is 0.455. The van der Waals surface area contributed by atoms with Crippen LogP contribution in [-0.2, 0) is 0 Å². The van der Waals surface area contributed by atoms with Gasteiger partial charge in [-0.05, 0) is 46.5 Å². The maximum Gasteiger partial charge on any atom is 0.0486 e. The Balaban J connectivity index is 1.87. The summed E-state index contributed by atoms with van der Waals surface area (Å²) in [6, 6.07) is 5.87. The van der Waals surface area contributed by atoms with Crippen molar-refractivity contribution in [2.45, 2.75) is 19.3 Å². The van der Waals surface area contributed by atoms with Gasteiger partial charge in [-0.15, -0.1) is 0 Å². The summed E-state index contributed by atoms with van der Waals surface area (Å²) in [5.41, 5.74) is 7.59. The quantitative estimate of drug-likeness (QED) is 0.810. The van der Waals surface area contributed by atoms with Gasteiger partial charge in [-0.25, -0.2) is 0 Å². The van der Waals surface area contributed by atoms with E-state index in [1.165, 1.54) is 19.3 Å². The third-order valence-corrected chi connectivity index (χ3v) is 3.21. The van der Waals surface area contributed by atoms with Crippen molar-refractivity contribution in [3.63, 3.8) is 0 Å². The van der Waals surface area contributed by atoms with Crippen molar-refractivity contribution in [1.29, 1.82) is 0 Å². The van der Waals surface area contributed by atoms with Crippen LogP contribution in [0.5, 0.6) is 0 Å². The molecule has 1 saturated carbocycles. The van der Waals surface area contributed by atoms with Crippen LogP contribution in [0.2, 0.25) is 0 Å². The molecule has 0 amide bonds. The molecule has 0 aromatic heterocycles. The van der Waals surface area contributed by atoms with Crippen LogP contribution >= 0.6 is 15.9 Å². The van der Waals surface area contributed by atoms with Crippen LogP contribution in [0, 0.1) is 5.92 Å². The monoisotopic (exact) mass is 254 g/mol. The Morgan fingerprint density at radius 2 is 2.21 bits per heavy atom. The second kappa shape index (κ2) is 4.22. The molecule has 14 heavy (non-hydrogen) atoms. The summed E-state index contributed by atoms with van der Waals surface area (Å²) < 4.78 is 1.05. The summed E-state index contributed by atoms with van der Waals surface area (Å²) >= 11 is 3.49. The Bertz CT molecular complexity index is 321. The van der Waals surface area contributed by atoms with Crippen molar-refractivity contribution in [3.8, 4) is 0 Å². The van der Waals surface area contributed by atoms with Gasteiger partial charge >= 0.3 is 0 Å². The summed E-state index contributed by atoms with van der Waals surface area (Å²) in [5.74, 6) is 0.982. The highest BCUT2D eigenvalue weighted by atomic mass is 79.9. The molecule has 2 rings (SSSR count). The van der Waals surface area contributed by atoms with Gasteiger partial charge in [0.15, 0.2) is 0 Å². The number of nitrogen functional groups attached to an aromatic ring is 1. The first kappa shape index (κ1) is 9.84. The molecule has 0 radical (unpaired) electrons. The van der Waals surface area contributed by atoms with Crippen LogP contribution in [0.1, 0.15) is 19.3 Å². The van der Waals surface area contributed by atoms with E-state index < -0.39 is 0 Å². The van der Waals surface area contributed by atoms with Crippen molar-refractivity contribution < 1.29 is 0 Å². The molecule has 76 valence electrons. The van der Waals surface area contributed by atoms with Crippen LogP contribution in [0.3, 0.4) is 0 Å². The summed E-state index contributed by atoms with van der Waals surface area (Å²) in [6.45, 7) is 1.06. The lowest BCUT2D eigenvalue weighted by Gasteiger charge is -2.08. The molecular weight excluding hydrogens is 240 g/mol. The lowest BCUT2D eigenvalue weighted by molar-refractivity contribution is 0.760. The van der Waals surface area contributed by atoms with Crippen LogP contribution in [-0.4, -0.2) is 6.54 Å². The zero-order chi connectivity index (χ0) is 9.97. The number of halogens is 1. The second-order valence-electron chi connectivity index (χ2n) is 3.90. The predicted molar refractivity (Wildman–Crippen MR) is 64.4 cm³/mol. The van der Waals surface area contributed by atoms with E-state index >= 15 is 0 Å². The topological polar surface area (TPSA) is 38.0 Å². The normalized spacial score (nSPS) is 15.5. The minimum absolute atomic E-state index is 0.796. The molecule has 1 aromatic rings. The van der Waals surface area contributed by atoms with E-state index in [2.05, 4.69) is 21.2 Å². The molecule has 2 nitrogen and oxygen atoms in total. The summed E-state index contributed by atoms with van der Waals surface area (Å²) in [6.07, 6.45) is 4.13. The number of benzene rings is 1. The first-order valence-corrected chi connectivity index (χ1v) is 5.84. The van der Waals surface area contributed by atoms with Crippen LogP contribution in [0.15, 0.2) is 22.7 Å². The third kappa shape index (κ3) is 2.64. The van der Waals surface area contributed by atoms with E-state index in [1.54, 1.807) is 0 Å². The van der Waals surface area contributed by atoms with Gasteiger partial charge in [-0.3, -0.25) is 0 Å². The average molecular weight is 255 g/mol. The Morgan fingerprint density at radius 1 is 1.43 bits per heavy atom. The molecule has 0 atom stereocenters. The highest BCUT2D eigenvalue weighted by molar-refractivity contribution is 9.10. The first-order chi connectivity index (χ1) is 6.75. The molecule has 0 heterocycles. The maximum absolute atomic E-state index is 5.66. The van der Waals surface area contributed by atoms with Crippen LogP contribution in [0.4, 0.5) is 11.4 Å². The molecule has 0 saturated heterocycles. The SMILES string of the molecule is Nc1ccc(NCCC2CC2)c(Br)c1. The second-order valence-corrected chi connectivity index (χ2v) is 4.75. The van der Waals surface area contributed by atoms with Gasteiger partial charge in [-0.1, -0.05) is 12.8 Å². The molecule has 0 spiro atoms. The van der Waals surface area contributed by atoms with Crippen molar-refractivity contribution in [1.82, 2.24) is 0 Å². The molecule has 1 aliphatic rings. The van der Waals surface area contributed by atoms with Gasteiger partial charge in [0.2, 0.25) is 0 Å². The van der Waals surface area contributed by atoms with Crippen molar-refractivity contribution in [3.05, 3.63) is 22.7 Å². The van der Waals surface area contributed by atoms with E-state index in [-0.39, 0.29) is 0 Å². The number of nitrogens with two attached hydrogens (primary N) is 1. The van der Waals surface area contributed by atoms with E-state index in [0.29, 0.717) is 0 Å². The van der Waals surface area contributed by atoms with Gasteiger partial charge in [0.1, 0.15) is 0 Å². The standard InChI is InChI=1S/C11H15BrN2/c12-10-7-9(13)3-4-11(10)14-6-5-8-1-2-8/h3-4,7-8,14H,1-2,5-6,13H2. The van der Waals surface area contributed by atoms with Crippen molar-refractivity contribution in [2.75, 3.05) is 17.6 Å². The number of anilines is 2. The lowest BCUT2D eigenvalue weighted by atomic mass is 10.2. The number of hydrogen-bond acceptors (Lipinski definition) is 2. The molecular formula is C11H15BrN2. The highest BCUT2D eigenvalue weighted by Gasteiger charge is 2.20. The summed E-state index contributed by atoms with van der Waals surface area (Å²) in [5, 5.41) is 3.41. The number of hydrogen-bond donors (Lipinski definition) is 2. The summed E-state index contributed by atoms with van der Waals surface area (Å²) in [7, 11) is 0. The van der Waals surface area contributed by atoms with Gasteiger partial charge in [0.25, 0.3) is 0 Å². The Hall–Kier alpha value is -0.700. The van der Waals surface area contributed by atoms with Crippen LogP contribution in [0.25, 0.3) is 0 Å². The maximum atomic E-state index is 5.66. The van der Waals surface area contributed by atoms with E-state index in [9.17, 15) is 0 Å². The molecule has 1 aromatic carbocycles. The van der Waals surface area contributed by atoms with Gasteiger partial charge in [0.05, 0.1) is 0 Å². The lowest BCUT2D eigenvalue weighted by Crippen LogP contribution is -2.03. The van der Waals surface area contributed by atoms with Crippen molar-refractivity contribution in [2.24, 2.45) is 5.92 Å². The predicted octanol–water partition coefficient (Wildman–Crippen LogP) is 3.24. The smallest absolute Gasteiger partial charge is 0.0486 e. The van der Waals surface area contributed by atoms with E-state index in [4.69, 9.17) is 5.73 Å². The minimum Gasteiger partial charge on any atom is -0.399 e. The first-order valence-electron chi connectivity index (χ1n) is 5.04. The molecule has 0 aliphatic heterocycles. The molecule has 1 fully saturated rings. The van der Waals surface area contributed by atoms with Gasteiger partial charge < -0.3 is 11.1 Å². The Kier molecular flexibility index (Phi) is 2.96. The highest BCUT2D eigenvalue weighted by Crippen LogP contribution is 2.32. The van der Waals surface area contributed by atoms with Gasteiger partial charge in [0, 0.05) is 22.4 Å². The zero-order valence-corrected chi connectivity index (χ0v) is 9.68. The number of nitrogens with one attached hydrogen (secondary N) is 1. The molecule has 3 heteroatoms. The molecule has 3 N–H and O–H groups in total. The van der Waals surface area contributed by atoms with Crippen LogP contribution < -0.4 is 11.1 Å². The van der Waals surface area contributed by atoms with Gasteiger partial charge in [-0.2, -0.15) is 0 Å². The fourth-order valence-corrected chi connectivity index (χ4v) is 2.03. The average Bonchev–Trinajstić information content (AvgIpc) is 2.92. The summed E-state index contributed by atoms with van der Waals surface area (Å²) in [4.78, 5) is 0. The molecule has 1 aliphatic carbocycles. The Morgan fingerprint density at radius 3 is 2.86 bits per heavy atom. The van der Waals surface area contributed by atoms with Crippen molar-refractivity contribution >= 4 is 27.3 Å². The largest absolute Gasteiger partial charge is 0.399 e. The molecule has 0 unspecified atom stereocenters. The Labute approximate surface area is 93.0 Å². The van der Waals surface area contributed by atoms with E-state index in [1.807, 2.05) is 18.2 Å². The van der Waals surface area contributed by atoms with E-state index in [0.717, 1.165) is 28.3 Å². The third-order valence-electron chi connectivity index (χ3n) is 2.56. The molecule has 0 bridgehead atoms. The minimum atomic E-state index is 0.796. The fourth-order valence-electron chi connectivity index (χ4n) is 1.49. The number of rotatable bonds is 4.